The lowest BCUT2D eigenvalue weighted by atomic mass is 9.78. The first-order valence-electron chi connectivity index (χ1n) is 5.41. The predicted molar refractivity (Wildman–Crippen MR) is 56.0 cm³/mol. The van der Waals surface area contributed by atoms with Crippen molar-refractivity contribution in [3.8, 4) is 0 Å². The molecule has 0 spiro atoms. The van der Waals surface area contributed by atoms with E-state index >= 15 is 0 Å². The van der Waals surface area contributed by atoms with E-state index in [4.69, 9.17) is 0 Å². The van der Waals surface area contributed by atoms with Crippen LogP contribution in [0.25, 0.3) is 0 Å². The van der Waals surface area contributed by atoms with Crippen LogP contribution < -0.4 is 5.32 Å². The standard InChI is InChI=1S/C12H14F3N/c1-2-11(6-7-16-11)9-4-3-5-10(8-9)12(13,14)15/h3-5,8,16H,2,6-7H2,1H3. The smallest absolute Gasteiger partial charge is 0.307 e. The number of benzene rings is 1. The molecule has 1 saturated heterocycles. The van der Waals surface area contributed by atoms with Gasteiger partial charge in [-0.2, -0.15) is 13.2 Å². The summed E-state index contributed by atoms with van der Waals surface area (Å²) in [6.45, 7) is 2.87. The number of nitrogens with one attached hydrogen (secondary N) is 1. The minimum absolute atomic E-state index is 0.235. The van der Waals surface area contributed by atoms with Crippen molar-refractivity contribution >= 4 is 0 Å². The third-order valence-corrected chi connectivity index (χ3v) is 3.36. The van der Waals surface area contributed by atoms with Gasteiger partial charge in [0, 0.05) is 5.54 Å². The molecule has 0 amide bonds. The fourth-order valence-corrected chi connectivity index (χ4v) is 2.17. The van der Waals surface area contributed by atoms with Crippen LogP contribution in [0.2, 0.25) is 0 Å². The Bertz CT molecular complexity index is 375. The summed E-state index contributed by atoms with van der Waals surface area (Å²) in [5.74, 6) is 0. The molecule has 1 aliphatic heterocycles. The van der Waals surface area contributed by atoms with Crippen molar-refractivity contribution < 1.29 is 13.2 Å². The molecule has 0 aromatic heterocycles. The van der Waals surface area contributed by atoms with Gasteiger partial charge in [0.05, 0.1) is 5.56 Å². The first-order valence-corrected chi connectivity index (χ1v) is 5.41. The van der Waals surface area contributed by atoms with Gasteiger partial charge in [0.2, 0.25) is 0 Å². The third kappa shape index (κ3) is 1.82. The zero-order chi connectivity index (χ0) is 11.8. The van der Waals surface area contributed by atoms with E-state index in [2.05, 4.69) is 5.32 Å². The van der Waals surface area contributed by atoms with E-state index in [1.54, 1.807) is 6.07 Å². The summed E-state index contributed by atoms with van der Waals surface area (Å²) in [4.78, 5) is 0. The van der Waals surface area contributed by atoms with Crippen molar-refractivity contribution in [1.29, 1.82) is 0 Å². The van der Waals surface area contributed by atoms with Crippen molar-refractivity contribution in [3.05, 3.63) is 35.4 Å². The van der Waals surface area contributed by atoms with Gasteiger partial charge in [-0.3, -0.25) is 0 Å². The highest BCUT2D eigenvalue weighted by atomic mass is 19.4. The maximum atomic E-state index is 12.6. The van der Waals surface area contributed by atoms with Crippen LogP contribution in [0, 0.1) is 0 Å². The normalized spacial score (nSPS) is 25.2. The Kier molecular flexibility index (Phi) is 2.70. The highest BCUT2D eigenvalue weighted by molar-refractivity contribution is 5.32. The summed E-state index contributed by atoms with van der Waals surface area (Å²) in [7, 11) is 0. The summed E-state index contributed by atoms with van der Waals surface area (Å²) < 4.78 is 37.7. The van der Waals surface area contributed by atoms with Gasteiger partial charge in [-0.25, -0.2) is 0 Å². The largest absolute Gasteiger partial charge is 0.416 e. The summed E-state index contributed by atoms with van der Waals surface area (Å²) >= 11 is 0. The molecule has 0 bridgehead atoms. The van der Waals surface area contributed by atoms with Gasteiger partial charge in [0.1, 0.15) is 0 Å². The van der Waals surface area contributed by atoms with E-state index in [9.17, 15) is 13.2 Å². The molecule has 1 aliphatic rings. The molecule has 0 aliphatic carbocycles. The molecule has 1 fully saturated rings. The van der Waals surface area contributed by atoms with E-state index in [0.717, 1.165) is 31.0 Å². The SMILES string of the molecule is CCC1(c2cccc(C(F)(F)F)c2)CCN1. The van der Waals surface area contributed by atoms with Crippen LogP contribution in [-0.4, -0.2) is 6.54 Å². The Morgan fingerprint density at radius 1 is 1.38 bits per heavy atom. The van der Waals surface area contributed by atoms with Gasteiger partial charge in [-0.05, 0) is 37.1 Å². The average molecular weight is 229 g/mol. The molecular formula is C12H14F3N. The maximum absolute atomic E-state index is 12.6. The summed E-state index contributed by atoms with van der Waals surface area (Å²) in [5, 5.41) is 3.24. The maximum Gasteiger partial charge on any atom is 0.416 e. The third-order valence-electron chi connectivity index (χ3n) is 3.36. The molecule has 1 nitrogen and oxygen atoms in total. The van der Waals surface area contributed by atoms with Crippen LogP contribution >= 0.6 is 0 Å². The fraction of sp³-hybridized carbons (Fsp3) is 0.500. The molecule has 88 valence electrons. The van der Waals surface area contributed by atoms with E-state index in [1.165, 1.54) is 12.1 Å². The zero-order valence-corrected chi connectivity index (χ0v) is 9.06. The van der Waals surface area contributed by atoms with Crippen molar-refractivity contribution in [2.75, 3.05) is 6.54 Å². The predicted octanol–water partition coefficient (Wildman–Crippen LogP) is 3.30. The summed E-state index contributed by atoms with van der Waals surface area (Å²) in [6, 6.07) is 5.63. The Morgan fingerprint density at radius 2 is 2.06 bits per heavy atom. The topological polar surface area (TPSA) is 12.0 Å². The fourth-order valence-electron chi connectivity index (χ4n) is 2.17. The number of hydrogen-bond acceptors (Lipinski definition) is 1. The minimum Gasteiger partial charge on any atom is -0.307 e. The molecule has 16 heavy (non-hydrogen) atoms. The number of alkyl halides is 3. The van der Waals surface area contributed by atoms with E-state index in [1.807, 2.05) is 6.92 Å². The van der Waals surface area contributed by atoms with Gasteiger partial charge >= 0.3 is 6.18 Å². The van der Waals surface area contributed by atoms with Gasteiger partial charge < -0.3 is 5.32 Å². The molecule has 0 radical (unpaired) electrons. The van der Waals surface area contributed by atoms with E-state index < -0.39 is 11.7 Å². The molecule has 1 aromatic carbocycles. The van der Waals surface area contributed by atoms with Crippen LogP contribution in [0.3, 0.4) is 0 Å². The Hall–Kier alpha value is -1.03. The monoisotopic (exact) mass is 229 g/mol. The highest BCUT2D eigenvalue weighted by Gasteiger charge is 2.38. The molecular weight excluding hydrogens is 215 g/mol. The van der Waals surface area contributed by atoms with Crippen molar-refractivity contribution in [3.63, 3.8) is 0 Å². The van der Waals surface area contributed by atoms with Gasteiger partial charge in [0.15, 0.2) is 0 Å². The van der Waals surface area contributed by atoms with Crippen molar-refractivity contribution in [2.24, 2.45) is 0 Å². The van der Waals surface area contributed by atoms with Crippen LogP contribution in [0.4, 0.5) is 13.2 Å². The van der Waals surface area contributed by atoms with Crippen molar-refractivity contribution in [2.45, 2.75) is 31.5 Å². The number of rotatable bonds is 2. The second-order valence-electron chi connectivity index (χ2n) is 4.19. The van der Waals surface area contributed by atoms with Gasteiger partial charge in [-0.15, -0.1) is 0 Å². The molecule has 1 unspecified atom stereocenters. The van der Waals surface area contributed by atoms with Crippen LogP contribution in [0.5, 0.6) is 0 Å². The first kappa shape index (κ1) is 11.5. The number of hydrogen-bond donors (Lipinski definition) is 1. The molecule has 1 atom stereocenters. The van der Waals surface area contributed by atoms with Gasteiger partial charge in [-0.1, -0.05) is 19.1 Å². The molecule has 0 saturated carbocycles. The lowest BCUT2D eigenvalue weighted by molar-refractivity contribution is -0.137. The molecule has 1 aromatic rings. The van der Waals surface area contributed by atoms with Crippen LogP contribution in [-0.2, 0) is 11.7 Å². The van der Waals surface area contributed by atoms with E-state index in [0.29, 0.717) is 0 Å². The van der Waals surface area contributed by atoms with Crippen molar-refractivity contribution in [1.82, 2.24) is 5.32 Å². The number of halogens is 3. The molecule has 4 heteroatoms. The molecule has 2 rings (SSSR count). The average Bonchev–Trinajstić information content (AvgIpc) is 2.16. The Morgan fingerprint density at radius 3 is 2.50 bits per heavy atom. The minimum atomic E-state index is -4.26. The first-order chi connectivity index (χ1) is 7.48. The second kappa shape index (κ2) is 3.77. The quantitative estimate of drug-likeness (QED) is 0.820. The molecule has 1 heterocycles. The highest BCUT2D eigenvalue weighted by Crippen LogP contribution is 2.37. The molecule has 1 N–H and O–H groups in total. The van der Waals surface area contributed by atoms with Crippen LogP contribution in [0.15, 0.2) is 24.3 Å². The Balaban J connectivity index is 2.36. The van der Waals surface area contributed by atoms with Crippen LogP contribution in [0.1, 0.15) is 30.9 Å². The van der Waals surface area contributed by atoms with E-state index in [-0.39, 0.29) is 5.54 Å². The Labute approximate surface area is 92.7 Å². The second-order valence-corrected chi connectivity index (χ2v) is 4.19. The van der Waals surface area contributed by atoms with Gasteiger partial charge in [0.25, 0.3) is 0 Å². The lowest BCUT2D eigenvalue weighted by Gasteiger charge is -2.43. The lowest BCUT2D eigenvalue weighted by Crippen LogP contribution is -2.53. The zero-order valence-electron chi connectivity index (χ0n) is 9.06. The summed E-state index contributed by atoms with van der Waals surface area (Å²) in [5.41, 5.74) is -0.0519. The summed E-state index contributed by atoms with van der Waals surface area (Å²) in [6.07, 6.45) is -2.53.